The number of piperidine rings is 2. The molecule has 5 nitrogen and oxygen atoms in total. The molecule has 3 atom stereocenters. The molecule has 0 aromatic heterocycles. The van der Waals surface area contributed by atoms with Gasteiger partial charge < -0.3 is 4.90 Å². The van der Waals surface area contributed by atoms with Crippen molar-refractivity contribution in [2.24, 2.45) is 11.8 Å². The summed E-state index contributed by atoms with van der Waals surface area (Å²) in [5.74, 6) is 6.03. The third-order valence-electron chi connectivity index (χ3n) is 4.82. The van der Waals surface area contributed by atoms with Crippen molar-refractivity contribution in [3.63, 3.8) is 0 Å². The number of carbonyl (C=O) groups excluding carboxylic acids is 1. The molecule has 110 valence electrons. The Labute approximate surface area is 116 Å². The van der Waals surface area contributed by atoms with Gasteiger partial charge in [0.25, 0.3) is 5.91 Å². The van der Waals surface area contributed by atoms with E-state index in [0.29, 0.717) is 6.04 Å². The molecule has 2 rings (SSSR count). The summed E-state index contributed by atoms with van der Waals surface area (Å²) in [5, 5.41) is 0. The van der Waals surface area contributed by atoms with Gasteiger partial charge >= 0.3 is 0 Å². The Morgan fingerprint density at radius 1 is 1.42 bits per heavy atom. The fraction of sp³-hybridized carbons (Fsp3) is 0.929. The Morgan fingerprint density at radius 3 is 2.89 bits per heavy atom. The summed E-state index contributed by atoms with van der Waals surface area (Å²) in [6.07, 6.45) is 5.68. The van der Waals surface area contributed by atoms with Crippen molar-refractivity contribution in [1.29, 1.82) is 0 Å². The number of fused-ring (bicyclic) bond motifs is 1. The molecule has 3 unspecified atom stereocenters. The van der Waals surface area contributed by atoms with Crippen molar-refractivity contribution >= 4 is 5.91 Å². The van der Waals surface area contributed by atoms with E-state index in [1.165, 1.54) is 25.8 Å². The summed E-state index contributed by atoms with van der Waals surface area (Å²) in [7, 11) is 2.24. The van der Waals surface area contributed by atoms with Crippen molar-refractivity contribution in [2.45, 2.75) is 51.1 Å². The van der Waals surface area contributed by atoms with Gasteiger partial charge in [-0.25, -0.2) is 5.84 Å². The van der Waals surface area contributed by atoms with Gasteiger partial charge in [0.1, 0.15) is 0 Å². The van der Waals surface area contributed by atoms with Crippen LogP contribution in [0.1, 0.15) is 39.0 Å². The molecule has 0 radical (unpaired) electrons. The Bertz CT molecular complexity index is 310. The molecule has 2 aliphatic heterocycles. The van der Waals surface area contributed by atoms with Crippen molar-refractivity contribution < 1.29 is 4.79 Å². The van der Waals surface area contributed by atoms with E-state index in [1.54, 1.807) is 0 Å². The molecule has 2 fully saturated rings. The zero-order valence-corrected chi connectivity index (χ0v) is 12.3. The van der Waals surface area contributed by atoms with E-state index in [0.717, 1.165) is 31.8 Å². The minimum absolute atomic E-state index is 0.0236. The molecule has 1 amide bonds. The molecular formula is C14H28N4O. The van der Waals surface area contributed by atoms with Crippen LogP contribution in [0, 0.1) is 5.92 Å². The Morgan fingerprint density at radius 2 is 2.21 bits per heavy atom. The van der Waals surface area contributed by atoms with Gasteiger partial charge in [-0.3, -0.25) is 15.1 Å². The number of nitrogens with two attached hydrogens (primary N) is 1. The SMILES string of the molecule is CCCC(C(=O)NN)N1CCC2C(CCCN2C)C1. The van der Waals surface area contributed by atoms with Crippen molar-refractivity contribution in [3.05, 3.63) is 0 Å². The highest BCUT2D eigenvalue weighted by Crippen LogP contribution is 2.30. The van der Waals surface area contributed by atoms with Gasteiger partial charge in [-0.15, -0.1) is 0 Å². The summed E-state index contributed by atoms with van der Waals surface area (Å²) >= 11 is 0. The first kappa shape index (κ1) is 14.8. The van der Waals surface area contributed by atoms with Crippen LogP contribution in [0.2, 0.25) is 0 Å². The summed E-state index contributed by atoms with van der Waals surface area (Å²) in [4.78, 5) is 16.8. The fourth-order valence-corrected chi connectivity index (χ4v) is 3.81. The van der Waals surface area contributed by atoms with Crippen LogP contribution < -0.4 is 11.3 Å². The summed E-state index contributed by atoms with van der Waals surface area (Å²) < 4.78 is 0. The molecule has 19 heavy (non-hydrogen) atoms. The maximum atomic E-state index is 11.9. The van der Waals surface area contributed by atoms with Gasteiger partial charge in [-0.2, -0.15) is 0 Å². The first-order valence-corrected chi connectivity index (χ1v) is 7.62. The van der Waals surface area contributed by atoms with E-state index in [4.69, 9.17) is 5.84 Å². The van der Waals surface area contributed by atoms with Crippen LogP contribution in [-0.2, 0) is 4.79 Å². The molecule has 2 aliphatic rings. The van der Waals surface area contributed by atoms with Crippen molar-refractivity contribution in [2.75, 3.05) is 26.7 Å². The van der Waals surface area contributed by atoms with Crippen molar-refractivity contribution in [1.82, 2.24) is 15.2 Å². The molecular weight excluding hydrogens is 240 g/mol. The average molecular weight is 268 g/mol. The molecule has 3 N–H and O–H groups in total. The Kier molecular flexibility index (Phi) is 5.19. The Hall–Kier alpha value is -0.650. The van der Waals surface area contributed by atoms with E-state index in [1.807, 2.05) is 0 Å². The largest absolute Gasteiger partial charge is 0.303 e. The van der Waals surface area contributed by atoms with Gasteiger partial charge in [-0.1, -0.05) is 13.3 Å². The highest BCUT2D eigenvalue weighted by Gasteiger charge is 2.37. The van der Waals surface area contributed by atoms with Crippen LogP contribution in [0.25, 0.3) is 0 Å². The standard InChI is InChI=1S/C14H28N4O/c1-3-5-13(14(19)16-15)18-9-7-12-11(10-18)6-4-8-17(12)2/h11-13H,3-10,15H2,1-2H3,(H,16,19). The van der Waals surface area contributed by atoms with Gasteiger partial charge in [-0.05, 0) is 45.2 Å². The quantitative estimate of drug-likeness (QED) is 0.444. The minimum Gasteiger partial charge on any atom is -0.303 e. The third kappa shape index (κ3) is 3.27. The average Bonchev–Trinajstić information content (AvgIpc) is 2.44. The van der Waals surface area contributed by atoms with E-state index in [2.05, 4.69) is 29.2 Å². The summed E-state index contributed by atoms with van der Waals surface area (Å²) in [6, 6.07) is 0.677. The summed E-state index contributed by atoms with van der Waals surface area (Å²) in [5.41, 5.74) is 2.34. The van der Waals surface area contributed by atoms with Crippen LogP contribution in [0.3, 0.4) is 0 Å². The number of amides is 1. The predicted molar refractivity (Wildman–Crippen MR) is 76.4 cm³/mol. The molecule has 0 saturated carbocycles. The number of nitrogens with one attached hydrogen (secondary N) is 1. The van der Waals surface area contributed by atoms with Gasteiger partial charge in [0, 0.05) is 19.1 Å². The number of nitrogens with zero attached hydrogens (tertiary/aromatic N) is 2. The van der Waals surface area contributed by atoms with E-state index in [9.17, 15) is 4.79 Å². The van der Waals surface area contributed by atoms with Gasteiger partial charge in [0.2, 0.25) is 0 Å². The molecule has 0 aromatic carbocycles. The van der Waals surface area contributed by atoms with Crippen LogP contribution in [0.4, 0.5) is 0 Å². The predicted octanol–water partition coefficient (Wildman–Crippen LogP) is 0.561. The lowest BCUT2D eigenvalue weighted by Crippen LogP contribution is -2.58. The smallest absolute Gasteiger partial charge is 0.251 e. The van der Waals surface area contributed by atoms with E-state index < -0.39 is 0 Å². The molecule has 0 spiro atoms. The molecule has 0 aliphatic carbocycles. The Balaban J connectivity index is 1.99. The highest BCUT2D eigenvalue weighted by atomic mass is 16.2. The van der Waals surface area contributed by atoms with Crippen molar-refractivity contribution in [3.8, 4) is 0 Å². The number of carbonyl (C=O) groups is 1. The maximum absolute atomic E-state index is 11.9. The summed E-state index contributed by atoms with van der Waals surface area (Å²) in [6.45, 7) is 5.41. The molecule has 0 aromatic rings. The number of hydrogen-bond acceptors (Lipinski definition) is 4. The normalized spacial score (nSPS) is 30.7. The molecule has 2 heterocycles. The highest BCUT2D eigenvalue weighted by molar-refractivity contribution is 5.81. The maximum Gasteiger partial charge on any atom is 0.251 e. The topological polar surface area (TPSA) is 61.6 Å². The monoisotopic (exact) mass is 268 g/mol. The fourth-order valence-electron chi connectivity index (χ4n) is 3.81. The van der Waals surface area contributed by atoms with Crippen LogP contribution in [-0.4, -0.2) is 54.5 Å². The number of hydrazine groups is 1. The number of likely N-dealkylation sites (tertiary alicyclic amines) is 2. The van der Waals surface area contributed by atoms with Crippen LogP contribution in [0.15, 0.2) is 0 Å². The second-order valence-corrected chi connectivity index (χ2v) is 6.05. The van der Waals surface area contributed by atoms with Gasteiger partial charge in [0.05, 0.1) is 6.04 Å². The van der Waals surface area contributed by atoms with Crippen LogP contribution in [0.5, 0.6) is 0 Å². The molecule has 5 heteroatoms. The van der Waals surface area contributed by atoms with Gasteiger partial charge in [0.15, 0.2) is 0 Å². The zero-order chi connectivity index (χ0) is 13.8. The lowest BCUT2D eigenvalue weighted by Gasteiger charge is -2.47. The van der Waals surface area contributed by atoms with E-state index >= 15 is 0 Å². The second kappa shape index (κ2) is 6.68. The number of rotatable bonds is 4. The first-order valence-electron chi connectivity index (χ1n) is 7.62. The third-order valence-corrected chi connectivity index (χ3v) is 4.82. The molecule has 0 bridgehead atoms. The van der Waals surface area contributed by atoms with Crippen LogP contribution >= 0.6 is 0 Å². The lowest BCUT2D eigenvalue weighted by molar-refractivity contribution is -0.128. The minimum atomic E-state index is -0.0387. The van der Waals surface area contributed by atoms with E-state index in [-0.39, 0.29) is 11.9 Å². The lowest BCUT2D eigenvalue weighted by atomic mass is 9.83. The number of hydrogen-bond donors (Lipinski definition) is 2. The first-order chi connectivity index (χ1) is 9.17. The molecule has 2 saturated heterocycles. The second-order valence-electron chi connectivity index (χ2n) is 6.05. The zero-order valence-electron chi connectivity index (χ0n) is 12.3.